The van der Waals surface area contributed by atoms with Crippen LogP contribution in [-0.4, -0.2) is 33.3 Å². The highest BCUT2D eigenvalue weighted by Gasteiger charge is 2.51. The average molecular weight is 541 g/mol. The number of nitrogens with zero attached hydrogens (tertiary/aromatic N) is 3. The second kappa shape index (κ2) is 9.34. The van der Waals surface area contributed by atoms with Gasteiger partial charge >= 0.3 is 7.12 Å². The van der Waals surface area contributed by atoms with Gasteiger partial charge in [-0.25, -0.2) is 15.0 Å². The van der Waals surface area contributed by atoms with Gasteiger partial charge in [0.15, 0.2) is 17.5 Å². The summed E-state index contributed by atoms with van der Waals surface area (Å²) in [5.74, 6) is 1.94. The fourth-order valence-electron chi connectivity index (χ4n) is 5.03. The first-order valence-corrected chi connectivity index (χ1v) is 14.3. The molecule has 0 atom stereocenters. The van der Waals surface area contributed by atoms with E-state index in [9.17, 15) is 0 Å². The van der Waals surface area contributed by atoms with Crippen LogP contribution in [0.25, 0.3) is 54.3 Å². The maximum absolute atomic E-state index is 6.25. The summed E-state index contributed by atoms with van der Waals surface area (Å²) in [6.07, 6.45) is 0. The van der Waals surface area contributed by atoms with Gasteiger partial charge in [0, 0.05) is 36.9 Å². The van der Waals surface area contributed by atoms with Crippen LogP contribution in [0.4, 0.5) is 0 Å². The number of hydrogen-bond acceptors (Lipinski definition) is 6. The van der Waals surface area contributed by atoms with E-state index in [4.69, 9.17) is 24.3 Å². The van der Waals surface area contributed by atoms with E-state index >= 15 is 0 Å². The van der Waals surface area contributed by atoms with Crippen molar-refractivity contribution in [2.45, 2.75) is 38.9 Å². The van der Waals surface area contributed by atoms with Gasteiger partial charge in [0.05, 0.1) is 11.2 Å². The lowest BCUT2D eigenvalue weighted by Gasteiger charge is -2.32. The number of fused-ring (bicyclic) bond motifs is 3. The van der Waals surface area contributed by atoms with Crippen LogP contribution >= 0.6 is 11.3 Å². The van der Waals surface area contributed by atoms with Crippen molar-refractivity contribution in [3.05, 3.63) is 97.1 Å². The molecule has 0 saturated carbocycles. The van der Waals surface area contributed by atoms with E-state index in [1.807, 2.05) is 54.6 Å². The van der Waals surface area contributed by atoms with E-state index in [2.05, 4.69) is 70.2 Å². The highest BCUT2D eigenvalue weighted by atomic mass is 32.1. The Morgan fingerprint density at radius 1 is 0.575 bits per heavy atom. The van der Waals surface area contributed by atoms with Gasteiger partial charge in [-0.2, -0.15) is 0 Å². The predicted octanol–water partition coefficient (Wildman–Crippen LogP) is 7.54. The van der Waals surface area contributed by atoms with Gasteiger partial charge in [-0.05, 0) is 45.3 Å². The van der Waals surface area contributed by atoms with E-state index in [-0.39, 0.29) is 0 Å². The van der Waals surface area contributed by atoms with E-state index in [0.717, 1.165) is 22.2 Å². The zero-order valence-corrected chi connectivity index (χ0v) is 23.7. The Balaban J connectivity index is 1.34. The van der Waals surface area contributed by atoms with Crippen molar-refractivity contribution >= 4 is 44.1 Å². The minimum atomic E-state index is -0.418. The van der Waals surface area contributed by atoms with Crippen LogP contribution < -0.4 is 5.46 Å². The first-order chi connectivity index (χ1) is 19.3. The molecule has 0 spiro atoms. The van der Waals surface area contributed by atoms with Crippen molar-refractivity contribution < 1.29 is 9.31 Å². The van der Waals surface area contributed by atoms with Gasteiger partial charge in [-0.1, -0.05) is 84.9 Å². The van der Waals surface area contributed by atoms with Crippen molar-refractivity contribution in [3.63, 3.8) is 0 Å². The van der Waals surface area contributed by atoms with E-state index < -0.39 is 18.3 Å². The second-order valence-electron chi connectivity index (χ2n) is 11.2. The Bertz CT molecular complexity index is 1850. The van der Waals surface area contributed by atoms with Crippen molar-refractivity contribution in [1.29, 1.82) is 0 Å². The largest absolute Gasteiger partial charge is 0.494 e. The lowest BCUT2D eigenvalue weighted by Crippen LogP contribution is -2.41. The fraction of sp³-hybridized carbons (Fsp3) is 0.182. The highest BCUT2D eigenvalue weighted by molar-refractivity contribution is 7.26. The molecule has 5 nitrogen and oxygen atoms in total. The molecule has 0 bridgehead atoms. The zero-order valence-electron chi connectivity index (χ0n) is 22.9. The Kier molecular flexibility index (Phi) is 5.86. The minimum absolute atomic E-state index is 0.391. The van der Waals surface area contributed by atoms with Crippen LogP contribution in [0.5, 0.6) is 0 Å². The first-order valence-electron chi connectivity index (χ1n) is 13.5. The maximum atomic E-state index is 6.25. The van der Waals surface area contributed by atoms with Gasteiger partial charge in [0.1, 0.15) is 0 Å². The van der Waals surface area contributed by atoms with Gasteiger partial charge in [0.25, 0.3) is 0 Å². The lowest BCUT2D eigenvalue weighted by molar-refractivity contribution is 0.00578. The van der Waals surface area contributed by atoms with Crippen molar-refractivity contribution in [2.75, 3.05) is 0 Å². The van der Waals surface area contributed by atoms with Gasteiger partial charge < -0.3 is 9.31 Å². The van der Waals surface area contributed by atoms with Crippen molar-refractivity contribution in [2.24, 2.45) is 0 Å². The molecular weight excluding hydrogens is 513 g/mol. The SMILES string of the molecule is CC1(C)OB(c2ccc(-c3nc(-c4ccccc4)nc(-c4cccc5c4sc4ccccc45)n3)cc2)OC1(C)C. The molecule has 40 heavy (non-hydrogen) atoms. The summed E-state index contributed by atoms with van der Waals surface area (Å²) in [7, 11) is -0.418. The molecule has 1 aliphatic heterocycles. The number of thiophene rings is 1. The predicted molar refractivity (Wildman–Crippen MR) is 165 cm³/mol. The molecule has 0 N–H and O–H groups in total. The summed E-state index contributed by atoms with van der Waals surface area (Å²) >= 11 is 1.77. The molecule has 3 heterocycles. The Morgan fingerprint density at radius 3 is 1.85 bits per heavy atom. The molecule has 1 fully saturated rings. The van der Waals surface area contributed by atoms with Crippen molar-refractivity contribution in [1.82, 2.24) is 15.0 Å². The normalized spacial score (nSPS) is 16.1. The molecule has 7 rings (SSSR count). The molecule has 0 radical (unpaired) electrons. The zero-order chi connectivity index (χ0) is 27.5. The van der Waals surface area contributed by atoms with E-state index in [1.54, 1.807) is 11.3 Å². The van der Waals surface area contributed by atoms with Gasteiger partial charge in [-0.15, -0.1) is 11.3 Å². The Labute approximate surface area is 238 Å². The molecule has 1 aliphatic rings. The van der Waals surface area contributed by atoms with Crippen LogP contribution in [-0.2, 0) is 9.31 Å². The molecule has 0 unspecified atom stereocenters. The standard InChI is InChI=1S/C33H28BN3O2S/c1-32(2)33(3,4)39-34(38-32)23-19-17-22(18-20-23)30-35-29(21-11-6-5-7-12-21)36-31(37-30)26-15-10-14-25-24-13-8-9-16-27(24)40-28(25)26/h5-20H,1-4H3. The van der Waals surface area contributed by atoms with Gasteiger partial charge in [-0.3, -0.25) is 0 Å². The van der Waals surface area contributed by atoms with Crippen LogP contribution in [0, 0.1) is 0 Å². The minimum Gasteiger partial charge on any atom is -0.399 e. The quantitative estimate of drug-likeness (QED) is 0.216. The van der Waals surface area contributed by atoms with E-state index in [1.165, 1.54) is 20.2 Å². The summed E-state index contributed by atoms with van der Waals surface area (Å²) < 4.78 is 14.9. The van der Waals surface area contributed by atoms with Crippen LogP contribution in [0.3, 0.4) is 0 Å². The third-order valence-corrected chi connectivity index (χ3v) is 9.23. The van der Waals surface area contributed by atoms with E-state index in [0.29, 0.717) is 17.5 Å². The van der Waals surface area contributed by atoms with Crippen molar-refractivity contribution in [3.8, 4) is 34.2 Å². The third-order valence-electron chi connectivity index (χ3n) is 8.01. The maximum Gasteiger partial charge on any atom is 0.494 e. The molecule has 0 amide bonds. The fourth-order valence-corrected chi connectivity index (χ4v) is 6.25. The number of hydrogen-bond donors (Lipinski definition) is 0. The highest BCUT2D eigenvalue weighted by Crippen LogP contribution is 2.40. The molecule has 4 aromatic carbocycles. The second-order valence-corrected chi connectivity index (χ2v) is 12.2. The lowest BCUT2D eigenvalue weighted by atomic mass is 9.79. The summed E-state index contributed by atoms with van der Waals surface area (Å²) in [5, 5.41) is 2.47. The summed E-state index contributed by atoms with van der Waals surface area (Å²) in [4.78, 5) is 14.9. The molecular formula is C33H28BN3O2S. The smallest absolute Gasteiger partial charge is 0.399 e. The molecule has 6 aromatic rings. The molecule has 7 heteroatoms. The topological polar surface area (TPSA) is 57.1 Å². The third kappa shape index (κ3) is 4.22. The average Bonchev–Trinajstić information content (AvgIpc) is 3.46. The molecule has 2 aromatic heterocycles. The monoisotopic (exact) mass is 541 g/mol. The van der Waals surface area contributed by atoms with Crippen LogP contribution in [0.1, 0.15) is 27.7 Å². The first kappa shape index (κ1) is 25.1. The number of rotatable bonds is 4. The molecule has 196 valence electrons. The Morgan fingerprint density at radius 2 is 1.15 bits per heavy atom. The Hall–Kier alpha value is -3.91. The summed E-state index contributed by atoms with van der Waals surface area (Å²) in [6, 6.07) is 33.1. The van der Waals surface area contributed by atoms with Crippen LogP contribution in [0.15, 0.2) is 97.1 Å². The molecule has 0 aliphatic carbocycles. The van der Waals surface area contributed by atoms with Crippen LogP contribution in [0.2, 0.25) is 0 Å². The number of benzene rings is 4. The van der Waals surface area contributed by atoms with Gasteiger partial charge in [0.2, 0.25) is 0 Å². The summed E-state index contributed by atoms with van der Waals surface area (Å²) in [5.41, 5.74) is 3.05. The number of aromatic nitrogens is 3. The summed E-state index contributed by atoms with van der Waals surface area (Å²) in [6.45, 7) is 8.26. The molecule has 1 saturated heterocycles.